The van der Waals surface area contributed by atoms with E-state index >= 15 is 0 Å². The van der Waals surface area contributed by atoms with Crippen molar-refractivity contribution in [3.8, 4) is 0 Å². The monoisotopic (exact) mass is 670 g/mol. The number of nitrogens with two attached hydrogens (primary N) is 1. The zero-order chi connectivity index (χ0) is 36.5. The lowest BCUT2D eigenvalue weighted by Crippen LogP contribution is -2.47. The number of para-hydroxylation sites is 3. The number of nitro groups is 2. The van der Waals surface area contributed by atoms with Gasteiger partial charge in [-0.05, 0) is 53.7 Å². The van der Waals surface area contributed by atoms with Crippen molar-refractivity contribution in [2.24, 2.45) is 5.73 Å². The van der Waals surface area contributed by atoms with E-state index in [9.17, 15) is 43.8 Å². The van der Waals surface area contributed by atoms with Crippen molar-refractivity contribution in [2.45, 2.75) is 64.8 Å². The number of hydrogen-bond donors (Lipinski definition) is 6. The Hall–Kier alpha value is -5.59. The molecule has 0 aliphatic heterocycles. The van der Waals surface area contributed by atoms with E-state index in [0.29, 0.717) is 0 Å². The second-order valence-corrected chi connectivity index (χ2v) is 11.2. The van der Waals surface area contributed by atoms with Crippen LogP contribution in [0.5, 0.6) is 0 Å². The average molecular weight is 671 g/mol. The van der Waals surface area contributed by atoms with E-state index in [1.165, 1.54) is 30.3 Å². The summed E-state index contributed by atoms with van der Waals surface area (Å²) in [5, 5.41) is 45.6. The molecule has 0 fully saturated rings. The molecular formula is C28H39FN6O12. The number of amides is 2. The van der Waals surface area contributed by atoms with Crippen molar-refractivity contribution < 1.29 is 53.1 Å². The van der Waals surface area contributed by atoms with Gasteiger partial charge in [-0.2, -0.15) is 4.39 Å². The van der Waals surface area contributed by atoms with Crippen molar-refractivity contribution >= 4 is 41.2 Å². The van der Waals surface area contributed by atoms with Crippen molar-refractivity contribution in [3.63, 3.8) is 0 Å². The topological polar surface area (TPSA) is 276 Å². The van der Waals surface area contributed by atoms with E-state index in [4.69, 9.17) is 25.4 Å². The van der Waals surface area contributed by atoms with E-state index < -0.39 is 68.8 Å². The van der Waals surface area contributed by atoms with Crippen LogP contribution >= 0.6 is 0 Å². The molecule has 19 heteroatoms. The highest BCUT2D eigenvalue weighted by atomic mass is 19.1. The van der Waals surface area contributed by atoms with Gasteiger partial charge in [-0.25, -0.2) is 19.2 Å². The molecule has 2 amide bonds. The number of nitrogens with one attached hydrogen (secondary N) is 3. The summed E-state index contributed by atoms with van der Waals surface area (Å²) in [5.74, 6) is -3.27. The van der Waals surface area contributed by atoms with Gasteiger partial charge >= 0.3 is 29.8 Å². The van der Waals surface area contributed by atoms with E-state index in [1.807, 2.05) is 0 Å². The summed E-state index contributed by atoms with van der Waals surface area (Å²) in [4.78, 5) is 63.9. The number of carboxylic acid groups (broad SMARTS) is 2. The van der Waals surface area contributed by atoms with Crippen molar-refractivity contribution in [1.82, 2.24) is 10.6 Å². The number of halogens is 1. The van der Waals surface area contributed by atoms with Crippen LogP contribution in [0, 0.1) is 26.0 Å². The molecule has 0 saturated carbocycles. The smallest absolute Gasteiger partial charge is 0.408 e. The number of carbonyl (C=O) groups is 4. The lowest BCUT2D eigenvalue weighted by molar-refractivity contribution is -0.387. The summed E-state index contributed by atoms with van der Waals surface area (Å²) >= 11 is 0. The Kier molecular flexibility index (Phi) is 16.8. The van der Waals surface area contributed by atoms with Crippen LogP contribution in [0.3, 0.4) is 0 Å². The predicted octanol–water partition coefficient (Wildman–Crippen LogP) is 3.64. The van der Waals surface area contributed by atoms with Gasteiger partial charge in [0.25, 0.3) is 5.69 Å². The number of hydrogen-bond acceptors (Lipinski definition) is 12. The van der Waals surface area contributed by atoms with E-state index in [2.05, 4.69) is 16.0 Å². The van der Waals surface area contributed by atoms with Gasteiger partial charge < -0.3 is 41.4 Å². The van der Waals surface area contributed by atoms with Crippen LogP contribution in [0.1, 0.15) is 41.5 Å². The number of nitrogens with zero attached hydrogens (tertiary/aromatic N) is 2. The summed E-state index contributed by atoms with van der Waals surface area (Å²) in [6, 6.07) is 8.40. The molecule has 0 saturated heterocycles. The number of alkyl carbamates (subject to hydrolysis) is 2. The molecule has 0 heterocycles. The second kappa shape index (κ2) is 19.0. The maximum atomic E-state index is 12.4. The zero-order valence-corrected chi connectivity index (χ0v) is 26.5. The largest absolute Gasteiger partial charge is 0.480 e. The number of aliphatic carboxylic acids is 2. The number of ether oxygens (including phenoxy) is 2. The predicted molar refractivity (Wildman–Crippen MR) is 165 cm³/mol. The molecule has 2 aromatic carbocycles. The molecule has 0 aliphatic rings. The number of rotatable bonds is 10. The normalized spacial score (nSPS) is 11.8. The van der Waals surface area contributed by atoms with Crippen LogP contribution < -0.4 is 21.7 Å². The number of carbonyl (C=O) groups excluding carboxylic acids is 2. The Bertz CT molecular complexity index is 1390. The third kappa shape index (κ3) is 18.1. The summed E-state index contributed by atoms with van der Waals surface area (Å²) in [6.07, 6.45) is -1.66. The minimum absolute atomic E-state index is 0.162. The third-order valence-corrected chi connectivity index (χ3v) is 4.86. The Balaban J connectivity index is 0.000000746. The molecule has 0 spiro atoms. The molecule has 47 heavy (non-hydrogen) atoms. The highest BCUT2D eigenvalue weighted by Crippen LogP contribution is 2.23. The Labute approximate surface area is 268 Å². The molecule has 2 atom stereocenters. The van der Waals surface area contributed by atoms with Gasteiger partial charge in [-0.15, -0.1) is 0 Å². The molecule has 0 bridgehead atoms. The van der Waals surface area contributed by atoms with E-state index in [1.54, 1.807) is 47.6 Å². The van der Waals surface area contributed by atoms with Gasteiger partial charge in [-0.3, -0.25) is 20.2 Å². The fourth-order valence-electron chi connectivity index (χ4n) is 2.92. The lowest BCUT2D eigenvalue weighted by atomic mass is 10.2. The van der Waals surface area contributed by atoms with Crippen molar-refractivity contribution in [2.75, 3.05) is 18.4 Å². The fraction of sp³-hybridized carbons (Fsp3) is 0.429. The lowest BCUT2D eigenvalue weighted by Gasteiger charge is -2.22. The molecule has 0 aliphatic carbocycles. The number of carboxylic acids is 2. The molecule has 260 valence electrons. The summed E-state index contributed by atoms with van der Waals surface area (Å²) in [6.45, 7) is 9.59. The highest BCUT2D eigenvalue weighted by Gasteiger charge is 2.25. The van der Waals surface area contributed by atoms with Crippen LogP contribution in [0.15, 0.2) is 48.5 Å². The third-order valence-electron chi connectivity index (χ3n) is 4.86. The molecule has 18 nitrogen and oxygen atoms in total. The quantitative estimate of drug-likeness (QED) is 0.156. The SMILES string of the molecule is CC(C)(C)OC(=O)NC(CN)C(=O)O.CC(C)(C)OC(=O)N[C@@H](CNc1ccccc1[N+](=O)[O-])C(=O)O.O=[N+]([O-])c1ccccc1F. The Morgan fingerprint density at radius 3 is 1.55 bits per heavy atom. The molecule has 7 N–H and O–H groups in total. The van der Waals surface area contributed by atoms with Gasteiger partial charge in [0.05, 0.1) is 9.85 Å². The molecule has 0 aromatic heterocycles. The minimum atomic E-state index is -1.30. The number of anilines is 1. The van der Waals surface area contributed by atoms with Crippen LogP contribution in [0.2, 0.25) is 0 Å². The first-order valence-electron chi connectivity index (χ1n) is 13.6. The molecule has 2 rings (SSSR count). The van der Waals surface area contributed by atoms with E-state index in [0.717, 1.165) is 12.1 Å². The second-order valence-electron chi connectivity index (χ2n) is 11.2. The van der Waals surface area contributed by atoms with Gasteiger partial charge in [0.2, 0.25) is 5.82 Å². The van der Waals surface area contributed by atoms with Gasteiger partial charge in [0, 0.05) is 25.2 Å². The standard InChI is InChI=1S/C14H19N3O6.C8H16N2O4.C6H4FNO2/c1-14(2,3)23-13(20)16-10(12(18)19)8-15-9-6-4-5-7-11(9)17(21)22;1-8(2,3)14-7(13)10-5(4-9)6(11)12;7-5-3-1-2-4-6(5)8(9)10/h4-7,10,15H,8H2,1-3H3,(H,16,20)(H,18,19);5H,4,9H2,1-3H3,(H,10,13)(H,11,12);1-4H/t10-;;/m0../s1. The first kappa shape index (κ1) is 41.4. The summed E-state index contributed by atoms with van der Waals surface area (Å²) in [7, 11) is 0. The van der Waals surface area contributed by atoms with Crippen LogP contribution in [0.25, 0.3) is 0 Å². The molecule has 0 radical (unpaired) electrons. The van der Waals surface area contributed by atoms with Crippen LogP contribution in [-0.4, -0.2) is 80.6 Å². The zero-order valence-electron chi connectivity index (χ0n) is 26.5. The van der Waals surface area contributed by atoms with Crippen LogP contribution in [-0.2, 0) is 19.1 Å². The first-order chi connectivity index (χ1) is 21.6. The van der Waals surface area contributed by atoms with Crippen LogP contribution in [0.4, 0.5) is 31.0 Å². The van der Waals surface area contributed by atoms with Crippen molar-refractivity contribution in [1.29, 1.82) is 0 Å². The maximum absolute atomic E-state index is 12.4. The molecule has 1 unspecified atom stereocenters. The summed E-state index contributed by atoms with van der Waals surface area (Å²) in [5.41, 5.74) is 3.21. The summed E-state index contributed by atoms with van der Waals surface area (Å²) < 4.78 is 22.2. The average Bonchev–Trinajstić information content (AvgIpc) is 2.92. The number of benzene rings is 2. The molecular weight excluding hydrogens is 631 g/mol. The van der Waals surface area contributed by atoms with Gasteiger partial charge in [-0.1, -0.05) is 24.3 Å². The first-order valence-corrected chi connectivity index (χ1v) is 13.6. The fourth-order valence-corrected chi connectivity index (χ4v) is 2.92. The highest BCUT2D eigenvalue weighted by molar-refractivity contribution is 5.81. The number of nitro benzene ring substituents is 2. The maximum Gasteiger partial charge on any atom is 0.408 e. The molecule has 2 aromatic rings. The van der Waals surface area contributed by atoms with E-state index in [-0.39, 0.29) is 24.5 Å². The van der Waals surface area contributed by atoms with Gasteiger partial charge in [0.1, 0.15) is 29.0 Å². The Morgan fingerprint density at radius 1 is 0.787 bits per heavy atom. The minimum Gasteiger partial charge on any atom is -0.480 e. The van der Waals surface area contributed by atoms with Crippen molar-refractivity contribution in [3.05, 3.63) is 74.6 Å². The van der Waals surface area contributed by atoms with Gasteiger partial charge in [0.15, 0.2) is 0 Å². The Morgan fingerprint density at radius 2 is 1.19 bits per heavy atom.